The number of carbonyl (C=O) groups excluding carboxylic acids is 1. The van der Waals surface area contributed by atoms with E-state index in [2.05, 4.69) is 15.5 Å². The molecule has 1 amide bonds. The van der Waals surface area contributed by atoms with E-state index in [0.29, 0.717) is 18.3 Å². The van der Waals surface area contributed by atoms with Crippen LogP contribution >= 0.6 is 0 Å². The molecule has 2 N–H and O–H groups in total. The molecule has 2 rings (SSSR count). The number of aromatic nitrogens is 2. The smallest absolute Gasteiger partial charge is 0.227 e. The van der Waals surface area contributed by atoms with E-state index in [4.69, 9.17) is 4.52 Å². The van der Waals surface area contributed by atoms with E-state index in [1.807, 2.05) is 0 Å². The average molecular weight is 239 g/mol. The molecule has 1 aliphatic carbocycles. The summed E-state index contributed by atoms with van der Waals surface area (Å²) in [4.78, 5) is 15.5. The largest absolute Gasteiger partial charge is 0.388 e. The fourth-order valence-corrected chi connectivity index (χ4v) is 2.09. The zero-order chi connectivity index (χ0) is 12.3. The van der Waals surface area contributed by atoms with Gasteiger partial charge in [-0.05, 0) is 12.8 Å². The van der Waals surface area contributed by atoms with Crippen molar-refractivity contribution in [1.82, 2.24) is 15.5 Å². The molecule has 1 aliphatic rings. The summed E-state index contributed by atoms with van der Waals surface area (Å²) < 4.78 is 4.77. The Morgan fingerprint density at radius 3 is 2.82 bits per heavy atom. The molecule has 0 aromatic carbocycles. The van der Waals surface area contributed by atoms with Gasteiger partial charge in [0.15, 0.2) is 5.82 Å². The SMILES string of the molecule is Cc1nc(CC(=O)NCC2(O)CCCC2)no1. The number of aliphatic hydroxyl groups is 1. The molecule has 6 heteroatoms. The van der Waals surface area contributed by atoms with Gasteiger partial charge in [-0.1, -0.05) is 18.0 Å². The predicted molar refractivity (Wildman–Crippen MR) is 59.2 cm³/mol. The summed E-state index contributed by atoms with van der Waals surface area (Å²) in [6.07, 6.45) is 3.66. The van der Waals surface area contributed by atoms with Crippen LogP contribution in [0.3, 0.4) is 0 Å². The lowest BCUT2D eigenvalue weighted by Gasteiger charge is -2.22. The molecular formula is C11H17N3O3. The van der Waals surface area contributed by atoms with Gasteiger partial charge in [0.1, 0.15) is 0 Å². The third-order valence-electron chi connectivity index (χ3n) is 3.04. The van der Waals surface area contributed by atoms with E-state index < -0.39 is 5.60 Å². The highest BCUT2D eigenvalue weighted by atomic mass is 16.5. The number of carbonyl (C=O) groups is 1. The topological polar surface area (TPSA) is 88.2 Å². The van der Waals surface area contributed by atoms with Crippen LogP contribution in [0, 0.1) is 6.92 Å². The maximum absolute atomic E-state index is 11.6. The van der Waals surface area contributed by atoms with E-state index in [9.17, 15) is 9.90 Å². The quantitative estimate of drug-likeness (QED) is 0.791. The number of rotatable bonds is 4. The Hall–Kier alpha value is -1.43. The molecule has 1 aromatic rings. The van der Waals surface area contributed by atoms with Crippen LogP contribution in [0.5, 0.6) is 0 Å². The van der Waals surface area contributed by atoms with Gasteiger partial charge < -0.3 is 14.9 Å². The van der Waals surface area contributed by atoms with Gasteiger partial charge >= 0.3 is 0 Å². The van der Waals surface area contributed by atoms with Crippen molar-refractivity contribution in [3.63, 3.8) is 0 Å². The lowest BCUT2D eigenvalue weighted by atomic mass is 10.0. The molecule has 1 fully saturated rings. The maximum atomic E-state index is 11.6. The monoisotopic (exact) mass is 239 g/mol. The van der Waals surface area contributed by atoms with E-state index in [1.165, 1.54) is 0 Å². The van der Waals surface area contributed by atoms with Crippen molar-refractivity contribution >= 4 is 5.91 Å². The molecule has 1 aromatic heterocycles. The second-order valence-electron chi connectivity index (χ2n) is 4.61. The summed E-state index contributed by atoms with van der Waals surface area (Å²) >= 11 is 0. The summed E-state index contributed by atoms with van der Waals surface area (Å²) in [6.45, 7) is 1.98. The minimum Gasteiger partial charge on any atom is -0.388 e. The molecule has 0 atom stereocenters. The van der Waals surface area contributed by atoms with E-state index in [1.54, 1.807) is 6.92 Å². The molecule has 0 saturated heterocycles. The second kappa shape index (κ2) is 4.83. The molecule has 0 spiro atoms. The number of hydrogen-bond donors (Lipinski definition) is 2. The standard InChI is InChI=1S/C11H17N3O3/c1-8-13-9(14-17-8)6-10(15)12-7-11(16)4-2-3-5-11/h16H,2-7H2,1H3,(H,12,15). The third-order valence-corrected chi connectivity index (χ3v) is 3.04. The zero-order valence-corrected chi connectivity index (χ0v) is 9.90. The average Bonchev–Trinajstić information content (AvgIpc) is 2.86. The Labute approximate surface area is 99.4 Å². The molecule has 1 heterocycles. The molecule has 17 heavy (non-hydrogen) atoms. The normalized spacial score (nSPS) is 18.2. The first-order valence-corrected chi connectivity index (χ1v) is 5.86. The minimum absolute atomic E-state index is 0.0907. The first kappa shape index (κ1) is 12.0. The highest BCUT2D eigenvalue weighted by Crippen LogP contribution is 2.28. The third kappa shape index (κ3) is 3.26. The number of amides is 1. The van der Waals surface area contributed by atoms with Gasteiger partial charge in [-0.3, -0.25) is 4.79 Å². The molecule has 0 aliphatic heterocycles. The number of nitrogens with one attached hydrogen (secondary N) is 1. The lowest BCUT2D eigenvalue weighted by molar-refractivity contribution is -0.121. The van der Waals surface area contributed by atoms with Gasteiger partial charge in [-0.2, -0.15) is 4.98 Å². The van der Waals surface area contributed by atoms with Crippen molar-refractivity contribution in [1.29, 1.82) is 0 Å². The fourth-order valence-electron chi connectivity index (χ4n) is 2.09. The van der Waals surface area contributed by atoms with Crippen molar-refractivity contribution in [2.24, 2.45) is 0 Å². The Kier molecular flexibility index (Phi) is 3.42. The van der Waals surface area contributed by atoms with Crippen LogP contribution in [-0.2, 0) is 11.2 Å². The number of aryl methyl sites for hydroxylation is 1. The highest BCUT2D eigenvalue weighted by Gasteiger charge is 2.31. The molecule has 0 bridgehead atoms. The van der Waals surface area contributed by atoms with Crippen LogP contribution in [-0.4, -0.2) is 33.3 Å². The lowest BCUT2D eigenvalue weighted by Crippen LogP contribution is -2.41. The van der Waals surface area contributed by atoms with Crippen LogP contribution in [0.25, 0.3) is 0 Å². The summed E-state index contributed by atoms with van der Waals surface area (Å²) in [5, 5.41) is 16.4. The summed E-state index contributed by atoms with van der Waals surface area (Å²) in [7, 11) is 0. The summed E-state index contributed by atoms with van der Waals surface area (Å²) in [5.41, 5.74) is -0.719. The summed E-state index contributed by atoms with van der Waals surface area (Å²) in [5.74, 6) is 0.631. The molecule has 1 saturated carbocycles. The molecule has 94 valence electrons. The van der Waals surface area contributed by atoms with Gasteiger partial charge in [0.25, 0.3) is 0 Å². The molecule has 6 nitrogen and oxygen atoms in total. The first-order valence-electron chi connectivity index (χ1n) is 5.86. The Morgan fingerprint density at radius 2 is 2.24 bits per heavy atom. The van der Waals surface area contributed by atoms with Crippen LogP contribution in [0.1, 0.15) is 37.4 Å². The molecule has 0 unspecified atom stereocenters. The first-order chi connectivity index (χ1) is 8.07. The molecular weight excluding hydrogens is 222 g/mol. The van der Waals surface area contributed by atoms with Crippen molar-refractivity contribution in [2.75, 3.05) is 6.54 Å². The maximum Gasteiger partial charge on any atom is 0.227 e. The fraction of sp³-hybridized carbons (Fsp3) is 0.727. The van der Waals surface area contributed by atoms with E-state index in [0.717, 1.165) is 25.7 Å². The highest BCUT2D eigenvalue weighted by molar-refractivity contribution is 5.77. The van der Waals surface area contributed by atoms with Gasteiger partial charge in [0, 0.05) is 13.5 Å². The van der Waals surface area contributed by atoms with E-state index in [-0.39, 0.29) is 12.3 Å². The number of hydrogen-bond acceptors (Lipinski definition) is 5. The van der Waals surface area contributed by atoms with Crippen molar-refractivity contribution in [3.05, 3.63) is 11.7 Å². The minimum atomic E-state index is -0.719. The van der Waals surface area contributed by atoms with Crippen molar-refractivity contribution in [3.8, 4) is 0 Å². The van der Waals surface area contributed by atoms with Crippen LogP contribution in [0.2, 0.25) is 0 Å². The van der Waals surface area contributed by atoms with Gasteiger partial charge in [0.05, 0.1) is 12.0 Å². The zero-order valence-electron chi connectivity index (χ0n) is 9.90. The van der Waals surface area contributed by atoms with Crippen molar-refractivity contribution < 1.29 is 14.4 Å². The Morgan fingerprint density at radius 1 is 1.53 bits per heavy atom. The van der Waals surface area contributed by atoms with Gasteiger partial charge in [-0.15, -0.1) is 0 Å². The van der Waals surface area contributed by atoms with E-state index >= 15 is 0 Å². The Bertz CT molecular complexity index is 396. The Balaban J connectivity index is 1.77. The van der Waals surface area contributed by atoms with Crippen molar-refractivity contribution in [2.45, 2.75) is 44.6 Å². The number of nitrogens with zero attached hydrogens (tertiary/aromatic N) is 2. The molecule has 0 radical (unpaired) electrons. The van der Waals surface area contributed by atoms with Crippen LogP contribution in [0.15, 0.2) is 4.52 Å². The van der Waals surface area contributed by atoms with Gasteiger partial charge in [-0.25, -0.2) is 0 Å². The summed E-state index contributed by atoms with van der Waals surface area (Å²) in [6, 6.07) is 0. The van der Waals surface area contributed by atoms with Gasteiger partial charge in [0.2, 0.25) is 11.8 Å². The second-order valence-corrected chi connectivity index (χ2v) is 4.61. The van der Waals surface area contributed by atoms with Crippen LogP contribution in [0.4, 0.5) is 0 Å². The predicted octanol–water partition coefficient (Wildman–Crippen LogP) is 0.342. The van der Waals surface area contributed by atoms with Crippen LogP contribution < -0.4 is 5.32 Å².